The molecule has 1 aliphatic heterocycles. The van der Waals surface area contributed by atoms with E-state index in [1.807, 2.05) is 0 Å². The number of likely N-dealkylation sites (tertiary alicyclic amines) is 1. The van der Waals surface area contributed by atoms with E-state index in [2.05, 4.69) is 10.6 Å². The number of nitrogens with one attached hydrogen (secondary N) is 2. The highest BCUT2D eigenvalue weighted by Gasteiger charge is 2.36. The molecule has 7 heteroatoms. The first-order valence-electron chi connectivity index (χ1n) is 7.02. The highest BCUT2D eigenvalue weighted by Crippen LogP contribution is 2.22. The molecule has 0 aromatic heterocycles. The maximum atomic E-state index is 12.1. The maximum Gasteiger partial charge on any atom is 0.243 e. The van der Waals surface area contributed by atoms with Crippen molar-refractivity contribution in [1.29, 1.82) is 0 Å². The van der Waals surface area contributed by atoms with Gasteiger partial charge in [0.05, 0.1) is 13.2 Å². The molecule has 1 atom stereocenters. The van der Waals surface area contributed by atoms with Crippen LogP contribution in [0.1, 0.15) is 25.7 Å². The van der Waals surface area contributed by atoms with Gasteiger partial charge in [0.15, 0.2) is 0 Å². The van der Waals surface area contributed by atoms with E-state index in [0.29, 0.717) is 25.7 Å². The predicted molar refractivity (Wildman–Crippen MR) is 77.9 cm³/mol. The number of ether oxygens (including phenoxy) is 1. The Hall–Kier alpha value is -0.850. The minimum atomic E-state index is -0.266. The molecule has 1 heterocycles. The summed E-state index contributed by atoms with van der Waals surface area (Å²) in [6.07, 6.45) is 3.84. The van der Waals surface area contributed by atoms with Gasteiger partial charge >= 0.3 is 0 Å². The van der Waals surface area contributed by atoms with Crippen molar-refractivity contribution in [2.45, 2.75) is 37.8 Å². The Morgan fingerprint density at radius 2 is 2.05 bits per heavy atom. The first kappa shape index (κ1) is 17.2. The van der Waals surface area contributed by atoms with E-state index in [9.17, 15) is 9.59 Å². The van der Waals surface area contributed by atoms with Gasteiger partial charge in [-0.05, 0) is 25.7 Å². The molecule has 2 rings (SSSR count). The Labute approximate surface area is 126 Å². The Balaban J connectivity index is 0.00000200. The third-order valence-corrected chi connectivity index (χ3v) is 3.56. The van der Waals surface area contributed by atoms with Crippen molar-refractivity contribution >= 4 is 24.2 Å². The SMILES string of the molecule is COCCNCC(=O)N1CCCC1C(=O)NC1CC1.Cl. The number of carbonyl (C=O) groups is 2. The number of nitrogens with zero attached hydrogens (tertiary/aromatic N) is 1. The number of hydrogen-bond donors (Lipinski definition) is 2. The van der Waals surface area contributed by atoms with E-state index in [1.54, 1.807) is 12.0 Å². The van der Waals surface area contributed by atoms with E-state index in [0.717, 1.165) is 25.7 Å². The lowest BCUT2D eigenvalue weighted by atomic mass is 10.2. The van der Waals surface area contributed by atoms with Crippen LogP contribution >= 0.6 is 12.4 Å². The van der Waals surface area contributed by atoms with Crippen LogP contribution in [0, 0.1) is 0 Å². The van der Waals surface area contributed by atoms with Crippen LogP contribution in [0.5, 0.6) is 0 Å². The molecule has 20 heavy (non-hydrogen) atoms. The zero-order valence-electron chi connectivity index (χ0n) is 11.9. The number of amides is 2. The number of rotatable bonds is 7. The lowest BCUT2D eigenvalue weighted by Crippen LogP contribution is -2.49. The van der Waals surface area contributed by atoms with Crippen molar-refractivity contribution in [3.8, 4) is 0 Å². The minimum Gasteiger partial charge on any atom is -0.383 e. The van der Waals surface area contributed by atoms with Crippen LogP contribution in [0.4, 0.5) is 0 Å². The molecule has 2 fully saturated rings. The highest BCUT2D eigenvalue weighted by molar-refractivity contribution is 5.89. The van der Waals surface area contributed by atoms with Gasteiger partial charge in [0.25, 0.3) is 0 Å². The van der Waals surface area contributed by atoms with Crippen molar-refractivity contribution < 1.29 is 14.3 Å². The van der Waals surface area contributed by atoms with Crippen LogP contribution in [0.15, 0.2) is 0 Å². The maximum absolute atomic E-state index is 12.1. The van der Waals surface area contributed by atoms with Crippen LogP contribution in [0.3, 0.4) is 0 Å². The van der Waals surface area contributed by atoms with E-state index < -0.39 is 0 Å². The largest absolute Gasteiger partial charge is 0.383 e. The summed E-state index contributed by atoms with van der Waals surface area (Å²) >= 11 is 0. The first-order chi connectivity index (χ1) is 9.22. The number of hydrogen-bond acceptors (Lipinski definition) is 4. The van der Waals surface area contributed by atoms with Crippen molar-refractivity contribution in [1.82, 2.24) is 15.5 Å². The molecule has 0 spiro atoms. The molecule has 2 amide bonds. The molecule has 0 aromatic carbocycles. The fraction of sp³-hybridized carbons (Fsp3) is 0.846. The summed E-state index contributed by atoms with van der Waals surface area (Å²) in [6, 6.07) is 0.0854. The zero-order chi connectivity index (χ0) is 13.7. The summed E-state index contributed by atoms with van der Waals surface area (Å²) in [5.41, 5.74) is 0. The molecule has 0 radical (unpaired) electrons. The topological polar surface area (TPSA) is 70.7 Å². The van der Waals surface area contributed by atoms with Gasteiger partial charge in [0.2, 0.25) is 11.8 Å². The van der Waals surface area contributed by atoms with E-state index in [1.165, 1.54) is 0 Å². The standard InChI is InChI=1S/C13H23N3O3.ClH/c1-19-8-6-14-9-12(17)16-7-2-3-11(16)13(18)15-10-4-5-10;/h10-11,14H,2-9H2,1H3,(H,15,18);1H. The summed E-state index contributed by atoms with van der Waals surface area (Å²) in [6.45, 7) is 2.19. The van der Waals surface area contributed by atoms with Crippen LogP contribution in [0.25, 0.3) is 0 Å². The summed E-state index contributed by atoms with van der Waals surface area (Å²) in [5.74, 6) is 0.0230. The quantitative estimate of drug-likeness (QED) is 0.645. The van der Waals surface area contributed by atoms with Gasteiger partial charge in [-0.1, -0.05) is 0 Å². The van der Waals surface area contributed by atoms with Crippen LogP contribution < -0.4 is 10.6 Å². The van der Waals surface area contributed by atoms with Gasteiger partial charge in [0.1, 0.15) is 6.04 Å². The Bertz CT molecular complexity index is 337. The molecule has 2 N–H and O–H groups in total. The number of methoxy groups -OCH3 is 1. The van der Waals surface area contributed by atoms with E-state index >= 15 is 0 Å². The Morgan fingerprint density at radius 1 is 1.30 bits per heavy atom. The fourth-order valence-corrected chi connectivity index (χ4v) is 2.33. The molecule has 1 unspecified atom stereocenters. The lowest BCUT2D eigenvalue weighted by molar-refractivity contribution is -0.137. The molecule has 0 bridgehead atoms. The molecule has 6 nitrogen and oxygen atoms in total. The number of carbonyl (C=O) groups excluding carboxylic acids is 2. The average Bonchev–Trinajstić information content (AvgIpc) is 3.07. The second-order valence-electron chi connectivity index (χ2n) is 5.20. The molecular formula is C13H24ClN3O3. The van der Waals surface area contributed by atoms with Gasteiger partial charge in [-0.3, -0.25) is 9.59 Å². The second kappa shape index (κ2) is 8.44. The summed E-state index contributed by atoms with van der Waals surface area (Å²) in [4.78, 5) is 25.8. The van der Waals surface area contributed by atoms with E-state index in [4.69, 9.17) is 4.74 Å². The Kier molecular flexibility index (Phi) is 7.26. The van der Waals surface area contributed by atoms with Gasteiger partial charge < -0.3 is 20.3 Å². The second-order valence-corrected chi connectivity index (χ2v) is 5.20. The molecule has 0 aromatic rings. The van der Waals surface area contributed by atoms with Crippen molar-refractivity contribution in [2.24, 2.45) is 0 Å². The first-order valence-corrected chi connectivity index (χ1v) is 7.02. The third-order valence-electron chi connectivity index (χ3n) is 3.56. The summed E-state index contributed by atoms with van der Waals surface area (Å²) in [7, 11) is 1.63. The van der Waals surface area contributed by atoms with Crippen LogP contribution in [-0.2, 0) is 14.3 Å². The molecule has 1 aliphatic carbocycles. The summed E-state index contributed by atoms with van der Waals surface area (Å²) < 4.78 is 4.91. The molecule has 2 aliphatic rings. The number of halogens is 1. The lowest BCUT2D eigenvalue weighted by Gasteiger charge is -2.24. The van der Waals surface area contributed by atoms with Crippen molar-refractivity contribution in [3.05, 3.63) is 0 Å². The normalized spacial score (nSPS) is 21.4. The van der Waals surface area contributed by atoms with Crippen LogP contribution in [0.2, 0.25) is 0 Å². The zero-order valence-corrected chi connectivity index (χ0v) is 12.7. The summed E-state index contributed by atoms with van der Waals surface area (Å²) in [5, 5.41) is 6.01. The predicted octanol–water partition coefficient (Wildman–Crippen LogP) is -0.0862. The van der Waals surface area contributed by atoms with Gasteiger partial charge in [0, 0.05) is 26.2 Å². The smallest absolute Gasteiger partial charge is 0.243 e. The van der Waals surface area contributed by atoms with E-state index in [-0.39, 0.29) is 36.8 Å². The fourth-order valence-electron chi connectivity index (χ4n) is 2.33. The van der Waals surface area contributed by atoms with Crippen molar-refractivity contribution in [2.75, 3.05) is 33.4 Å². The minimum absolute atomic E-state index is 0. The molecule has 1 saturated carbocycles. The van der Waals surface area contributed by atoms with Gasteiger partial charge in [-0.15, -0.1) is 12.4 Å². The highest BCUT2D eigenvalue weighted by atomic mass is 35.5. The Morgan fingerprint density at radius 3 is 2.70 bits per heavy atom. The third kappa shape index (κ3) is 4.92. The van der Waals surface area contributed by atoms with Gasteiger partial charge in [-0.25, -0.2) is 0 Å². The molecule has 116 valence electrons. The average molecular weight is 306 g/mol. The molecular weight excluding hydrogens is 282 g/mol. The monoisotopic (exact) mass is 305 g/mol. The molecule has 1 saturated heterocycles. The van der Waals surface area contributed by atoms with Gasteiger partial charge in [-0.2, -0.15) is 0 Å². The van der Waals surface area contributed by atoms with Crippen molar-refractivity contribution in [3.63, 3.8) is 0 Å². The van der Waals surface area contributed by atoms with Crippen LogP contribution in [-0.4, -0.2) is 62.1 Å².